The van der Waals surface area contributed by atoms with Crippen molar-refractivity contribution in [3.05, 3.63) is 59.4 Å². The highest BCUT2D eigenvalue weighted by Crippen LogP contribution is 2.28. The fourth-order valence-corrected chi connectivity index (χ4v) is 4.44. The van der Waals surface area contributed by atoms with Gasteiger partial charge in [0.2, 0.25) is 0 Å². The number of H-pyrrole nitrogens is 1. The van der Waals surface area contributed by atoms with Crippen molar-refractivity contribution >= 4 is 38.5 Å². The topological polar surface area (TPSA) is 61.9 Å². The van der Waals surface area contributed by atoms with Crippen LogP contribution in [0.25, 0.3) is 21.3 Å². The number of rotatable bonds is 2. The minimum Gasteiger partial charge on any atom is -0.342 e. The summed E-state index contributed by atoms with van der Waals surface area (Å²) >= 11 is 1.57. The Labute approximate surface area is 154 Å². The lowest BCUT2D eigenvalue weighted by Gasteiger charge is -2.32. The van der Waals surface area contributed by atoms with E-state index in [4.69, 9.17) is 4.98 Å². The van der Waals surface area contributed by atoms with Gasteiger partial charge < -0.3 is 9.88 Å². The Bertz CT molecular complexity index is 1070. The number of para-hydroxylation sites is 2. The Balaban J connectivity index is 1.40. The predicted molar refractivity (Wildman–Crippen MR) is 104 cm³/mol. The number of nitrogens with zero attached hydrogens (tertiary/aromatic N) is 3. The van der Waals surface area contributed by atoms with Gasteiger partial charge in [-0.3, -0.25) is 4.79 Å². The molecule has 3 heterocycles. The number of carbonyl (C=O) groups is 1. The minimum atomic E-state index is 0.0983. The minimum absolute atomic E-state index is 0.0983. The van der Waals surface area contributed by atoms with Crippen LogP contribution in [0.3, 0.4) is 0 Å². The zero-order chi connectivity index (χ0) is 17.5. The number of piperidine rings is 1. The second-order valence-corrected chi connectivity index (χ2v) is 7.65. The van der Waals surface area contributed by atoms with Gasteiger partial charge in [0.15, 0.2) is 0 Å². The smallest absolute Gasteiger partial charge is 0.253 e. The van der Waals surface area contributed by atoms with Gasteiger partial charge in [-0.05, 0) is 43.2 Å². The maximum atomic E-state index is 13.0. The van der Waals surface area contributed by atoms with E-state index in [2.05, 4.69) is 9.97 Å². The molecule has 1 amide bonds. The molecule has 5 rings (SSSR count). The van der Waals surface area contributed by atoms with E-state index in [0.29, 0.717) is 6.54 Å². The van der Waals surface area contributed by atoms with Crippen LogP contribution >= 0.6 is 11.3 Å². The number of amides is 1. The molecule has 1 aliphatic heterocycles. The quantitative estimate of drug-likeness (QED) is 0.581. The molecule has 1 saturated heterocycles. The van der Waals surface area contributed by atoms with E-state index in [1.165, 1.54) is 0 Å². The Morgan fingerprint density at radius 1 is 1.19 bits per heavy atom. The number of thiazole rings is 1. The second-order valence-electron chi connectivity index (χ2n) is 6.76. The van der Waals surface area contributed by atoms with Gasteiger partial charge in [0.1, 0.15) is 5.82 Å². The van der Waals surface area contributed by atoms with E-state index in [9.17, 15) is 4.79 Å². The normalized spacial score (nSPS) is 17.8. The van der Waals surface area contributed by atoms with E-state index in [0.717, 1.165) is 52.0 Å². The molecule has 5 nitrogen and oxygen atoms in total. The summed E-state index contributed by atoms with van der Waals surface area (Å²) in [5.41, 5.74) is 5.55. The van der Waals surface area contributed by atoms with Crippen LogP contribution in [0.1, 0.15) is 34.9 Å². The molecule has 1 atom stereocenters. The van der Waals surface area contributed by atoms with Crippen molar-refractivity contribution in [1.29, 1.82) is 0 Å². The molecule has 0 aliphatic carbocycles. The number of aromatic amines is 1. The third-order valence-electron chi connectivity index (χ3n) is 5.08. The zero-order valence-corrected chi connectivity index (χ0v) is 15.0. The number of hydrogen-bond acceptors (Lipinski definition) is 4. The molecule has 0 bridgehead atoms. The lowest BCUT2D eigenvalue weighted by atomic mass is 9.96. The highest BCUT2D eigenvalue weighted by atomic mass is 32.1. The fourth-order valence-electron chi connectivity index (χ4n) is 3.72. The van der Waals surface area contributed by atoms with Crippen molar-refractivity contribution in [3.8, 4) is 0 Å². The molecular formula is C20H18N4OS. The van der Waals surface area contributed by atoms with Gasteiger partial charge in [-0.1, -0.05) is 12.1 Å². The third kappa shape index (κ3) is 2.66. The molecule has 4 aromatic rings. The van der Waals surface area contributed by atoms with Crippen LogP contribution in [0.2, 0.25) is 0 Å². The Kier molecular flexibility index (Phi) is 3.71. The number of likely N-dealkylation sites (tertiary alicyclic amines) is 1. The zero-order valence-electron chi connectivity index (χ0n) is 14.2. The van der Waals surface area contributed by atoms with Crippen molar-refractivity contribution in [2.75, 3.05) is 13.1 Å². The first-order valence-corrected chi connectivity index (χ1v) is 9.73. The fraction of sp³-hybridized carbons (Fsp3) is 0.250. The number of fused-ring (bicyclic) bond motifs is 2. The number of aromatic nitrogens is 3. The highest BCUT2D eigenvalue weighted by molar-refractivity contribution is 7.16. The van der Waals surface area contributed by atoms with Gasteiger partial charge >= 0.3 is 0 Å². The molecule has 2 aromatic carbocycles. The Morgan fingerprint density at radius 3 is 3.04 bits per heavy atom. The summed E-state index contributed by atoms with van der Waals surface area (Å²) in [4.78, 5) is 27.4. The Morgan fingerprint density at radius 2 is 2.12 bits per heavy atom. The average Bonchev–Trinajstić information content (AvgIpc) is 3.33. The first-order valence-electron chi connectivity index (χ1n) is 8.85. The van der Waals surface area contributed by atoms with E-state index in [1.54, 1.807) is 11.3 Å². The molecule has 1 N–H and O–H groups in total. The molecule has 130 valence electrons. The van der Waals surface area contributed by atoms with Gasteiger partial charge in [-0.2, -0.15) is 0 Å². The van der Waals surface area contributed by atoms with Gasteiger partial charge in [0.25, 0.3) is 5.91 Å². The molecule has 1 fully saturated rings. The van der Waals surface area contributed by atoms with E-state index in [1.807, 2.05) is 52.9 Å². The SMILES string of the molecule is O=C(c1ccc2ncsc2c1)N1CCC[C@@H](c2nc3ccccc3[nH]2)C1. The summed E-state index contributed by atoms with van der Waals surface area (Å²) in [5, 5.41) is 0. The summed E-state index contributed by atoms with van der Waals surface area (Å²) < 4.78 is 1.06. The Hall–Kier alpha value is -2.73. The summed E-state index contributed by atoms with van der Waals surface area (Å²) in [6.07, 6.45) is 2.05. The number of hydrogen-bond donors (Lipinski definition) is 1. The van der Waals surface area contributed by atoms with Crippen LogP contribution in [0.5, 0.6) is 0 Å². The van der Waals surface area contributed by atoms with Crippen molar-refractivity contribution < 1.29 is 4.79 Å². The molecule has 6 heteroatoms. The number of imidazole rings is 1. The predicted octanol–water partition coefficient (Wildman–Crippen LogP) is 4.19. The first-order chi connectivity index (χ1) is 12.8. The lowest BCUT2D eigenvalue weighted by Crippen LogP contribution is -2.39. The average molecular weight is 362 g/mol. The van der Waals surface area contributed by atoms with E-state index in [-0.39, 0.29) is 11.8 Å². The molecule has 2 aromatic heterocycles. The number of benzene rings is 2. The van der Waals surface area contributed by atoms with E-state index < -0.39 is 0 Å². The summed E-state index contributed by atoms with van der Waals surface area (Å²) in [6, 6.07) is 13.8. The highest BCUT2D eigenvalue weighted by Gasteiger charge is 2.27. The molecule has 0 unspecified atom stereocenters. The van der Waals surface area contributed by atoms with Crippen LogP contribution in [-0.2, 0) is 0 Å². The van der Waals surface area contributed by atoms with E-state index >= 15 is 0 Å². The largest absolute Gasteiger partial charge is 0.342 e. The summed E-state index contributed by atoms with van der Waals surface area (Å²) in [5.74, 6) is 1.34. The molecule has 0 saturated carbocycles. The third-order valence-corrected chi connectivity index (χ3v) is 5.87. The van der Waals surface area contributed by atoms with Crippen molar-refractivity contribution in [3.63, 3.8) is 0 Å². The van der Waals surface area contributed by atoms with Crippen LogP contribution < -0.4 is 0 Å². The van der Waals surface area contributed by atoms with Crippen molar-refractivity contribution in [1.82, 2.24) is 19.9 Å². The van der Waals surface area contributed by atoms with Gasteiger partial charge in [-0.15, -0.1) is 11.3 Å². The molecule has 0 radical (unpaired) electrons. The first kappa shape index (κ1) is 15.5. The molecule has 26 heavy (non-hydrogen) atoms. The lowest BCUT2D eigenvalue weighted by molar-refractivity contribution is 0.0705. The van der Waals surface area contributed by atoms with Crippen molar-refractivity contribution in [2.24, 2.45) is 0 Å². The summed E-state index contributed by atoms with van der Waals surface area (Å²) in [6.45, 7) is 1.51. The second kappa shape index (κ2) is 6.21. The monoisotopic (exact) mass is 362 g/mol. The molecule has 1 aliphatic rings. The van der Waals surface area contributed by atoms with Crippen LogP contribution in [0, 0.1) is 0 Å². The number of nitrogens with one attached hydrogen (secondary N) is 1. The van der Waals surface area contributed by atoms with Crippen LogP contribution in [0.15, 0.2) is 48.0 Å². The summed E-state index contributed by atoms with van der Waals surface area (Å²) in [7, 11) is 0. The van der Waals surface area contributed by atoms with Gasteiger partial charge in [0.05, 0.1) is 26.8 Å². The molecule has 0 spiro atoms. The van der Waals surface area contributed by atoms with Crippen LogP contribution in [-0.4, -0.2) is 38.8 Å². The van der Waals surface area contributed by atoms with Gasteiger partial charge in [-0.25, -0.2) is 9.97 Å². The number of carbonyl (C=O) groups excluding carboxylic acids is 1. The maximum absolute atomic E-state index is 13.0. The van der Waals surface area contributed by atoms with Gasteiger partial charge in [0, 0.05) is 24.6 Å². The standard InChI is InChI=1S/C20H18N4OS/c25-20(13-7-8-17-18(10-13)26-12-21-17)24-9-3-4-14(11-24)19-22-15-5-1-2-6-16(15)23-19/h1-2,5-8,10,12,14H,3-4,9,11H2,(H,22,23)/t14-/m1/s1. The maximum Gasteiger partial charge on any atom is 0.253 e. The van der Waals surface area contributed by atoms with Crippen molar-refractivity contribution in [2.45, 2.75) is 18.8 Å². The van der Waals surface area contributed by atoms with Crippen LogP contribution in [0.4, 0.5) is 0 Å². The molecular weight excluding hydrogens is 344 g/mol.